The number of benzene rings is 1. The Labute approximate surface area is 114 Å². The monoisotopic (exact) mass is 263 g/mol. The maximum atomic E-state index is 11.0. The van der Waals surface area contributed by atoms with Crippen molar-refractivity contribution in [2.24, 2.45) is 0 Å². The van der Waals surface area contributed by atoms with Crippen LogP contribution in [0.25, 0.3) is 0 Å². The van der Waals surface area contributed by atoms with E-state index in [-0.39, 0.29) is 0 Å². The number of ketones is 1. The fourth-order valence-electron chi connectivity index (χ4n) is 2.31. The predicted molar refractivity (Wildman–Crippen MR) is 77.9 cm³/mol. The molecule has 2 nitrogen and oxygen atoms in total. The molecule has 0 atom stereocenters. The minimum Gasteiger partial charge on any atom is -0.299 e. The molecule has 1 saturated heterocycles. The fraction of sp³-hybridized carbons (Fsp3) is 0.533. The van der Waals surface area contributed by atoms with Crippen molar-refractivity contribution in [2.75, 3.05) is 18.8 Å². The highest BCUT2D eigenvalue weighted by molar-refractivity contribution is 8.00. The molecule has 1 aromatic carbocycles. The highest BCUT2D eigenvalue weighted by Gasteiger charge is 2.19. The SMILES string of the molecule is CC(=O)CSC1CCN(Cc2ccccc2)CC1. The molecule has 0 saturated carbocycles. The van der Waals surface area contributed by atoms with Crippen LogP contribution in [0, 0.1) is 0 Å². The Balaban J connectivity index is 1.72. The maximum Gasteiger partial charge on any atom is 0.139 e. The lowest BCUT2D eigenvalue weighted by molar-refractivity contribution is -0.114. The molecule has 0 bridgehead atoms. The number of hydrogen-bond donors (Lipinski definition) is 0. The molecule has 0 amide bonds. The molecular weight excluding hydrogens is 242 g/mol. The lowest BCUT2D eigenvalue weighted by atomic mass is 10.1. The molecule has 2 rings (SSSR count). The number of thioether (sulfide) groups is 1. The average Bonchev–Trinajstić information content (AvgIpc) is 2.39. The van der Waals surface area contributed by atoms with Crippen molar-refractivity contribution in [1.29, 1.82) is 0 Å². The van der Waals surface area contributed by atoms with Gasteiger partial charge in [-0.05, 0) is 38.4 Å². The first-order valence-corrected chi connectivity index (χ1v) is 7.66. The minimum absolute atomic E-state index is 0.298. The van der Waals surface area contributed by atoms with E-state index in [0.717, 1.165) is 19.6 Å². The van der Waals surface area contributed by atoms with Crippen molar-refractivity contribution in [1.82, 2.24) is 4.90 Å². The molecule has 0 unspecified atom stereocenters. The largest absolute Gasteiger partial charge is 0.299 e. The van der Waals surface area contributed by atoms with Gasteiger partial charge in [-0.2, -0.15) is 11.8 Å². The summed E-state index contributed by atoms with van der Waals surface area (Å²) in [6, 6.07) is 10.6. The normalized spacial score (nSPS) is 17.8. The number of nitrogens with zero attached hydrogens (tertiary/aromatic N) is 1. The second-order valence-electron chi connectivity index (χ2n) is 4.97. The van der Waals surface area contributed by atoms with Gasteiger partial charge in [0, 0.05) is 11.8 Å². The van der Waals surface area contributed by atoms with Gasteiger partial charge in [0.15, 0.2) is 0 Å². The van der Waals surface area contributed by atoms with Crippen LogP contribution in [0.4, 0.5) is 0 Å². The number of carbonyl (C=O) groups excluding carboxylic acids is 1. The van der Waals surface area contributed by atoms with Gasteiger partial charge in [0.25, 0.3) is 0 Å². The number of hydrogen-bond acceptors (Lipinski definition) is 3. The van der Waals surface area contributed by atoms with Gasteiger partial charge >= 0.3 is 0 Å². The summed E-state index contributed by atoms with van der Waals surface area (Å²) in [5.41, 5.74) is 1.40. The summed E-state index contributed by atoms with van der Waals surface area (Å²) in [5.74, 6) is 0.982. The number of rotatable bonds is 5. The lowest BCUT2D eigenvalue weighted by Crippen LogP contribution is -2.34. The van der Waals surface area contributed by atoms with E-state index in [4.69, 9.17) is 0 Å². The molecule has 0 aliphatic carbocycles. The van der Waals surface area contributed by atoms with Gasteiger partial charge in [0.05, 0.1) is 5.75 Å². The first-order valence-electron chi connectivity index (χ1n) is 6.61. The molecule has 1 aliphatic rings. The molecule has 3 heteroatoms. The molecule has 0 aromatic heterocycles. The number of carbonyl (C=O) groups is 1. The molecular formula is C15H21NOS. The van der Waals surface area contributed by atoms with Crippen LogP contribution >= 0.6 is 11.8 Å². The smallest absolute Gasteiger partial charge is 0.139 e. The molecule has 0 spiro atoms. The average molecular weight is 263 g/mol. The molecule has 1 heterocycles. The van der Waals surface area contributed by atoms with Crippen molar-refractivity contribution in [2.45, 2.75) is 31.6 Å². The minimum atomic E-state index is 0.298. The van der Waals surface area contributed by atoms with Crippen molar-refractivity contribution >= 4 is 17.5 Å². The molecule has 18 heavy (non-hydrogen) atoms. The van der Waals surface area contributed by atoms with Crippen LogP contribution in [-0.4, -0.2) is 34.8 Å². The van der Waals surface area contributed by atoms with E-state index in [1.165, 1.54) is 18.4 Å². The van der Waals surface area contributed by atoms with Crippen LogP contribution in [0.3, 0.4) is 0 Å². The number of likely N-dealkylation sites (tertiary alicyclic amines) is 1. The predicted octanol–water partition coefficient (Wildman–Crippen LogP) is 2.97. The van der Waals surface area contributed by atoms with E-state index in [9.17, 15) is 4.79 Å². The van der Waals surface area contributed by atoms with Crippen molar-refractivity contribution < 1.29 is 4.79 Å². The summed E-state index contributed by atoms with van der Waals surface area (Å²) in [6.07, 6.45) is 2.43. The zero-order valence-electron chi connectivity index (χ0n) is 11.0. The lowest BCUT2D eigenvalue weighted by Gasteiger charge is -2.31. The van der Waals surface area contributed by atoms with Crippen LogP contribution in [0.1, 0.15) is 25.3 Å². The Hall–Kier alpha value is -0.800. The summed E-state index contributed by atoms with van der Waals surface area (Å²) in [7, 11) is 0. The van der Waals surface area contributed by atoms with Gasteiger partial charge in [0.2, 0.25) is 0 Å². The molecule has 1 aliphatic heterocycles. The molecule has 0 radical (unpaired) electrons. The maximum absolute atomic E-state index is 11.0. The molecule has 98 valence electrons. The van der Waals surface area contributed by atoms with Crippen LogP contribution < -0.4 is 0 Å². The van der Waals surface area contributed by atoms with E-state index >= 15 is 0 Å². The number of Topliss-reactive ketones (excluding diaryl/α,β-unsaturated/α-hetero) is 1. The van der Waals surface area contributed by atoms with Crippen molar-refractivity contribution in [3.05, 3.63) is 35.9 Å². The third-order valence-corrected chi connectivity index (χ3v) is 4.82. The van der Waals surface area contributed by atoms with Gasteiger partial charge in [-0.1, -0.05) is 30.3 Å². The molecule has 1 fully saturated rings. The summed E-state index contributed by atoms with van der Waals surface area (Å²) >= 11 is 1.84. The van der Waals surface area contributed by atoms with E-state index < -0.39 is 0 Å². The van der Waals surface area contributed by atoms with Crippen LogP contribution in [0.15, 0.2) is 30.3 Å². The van der Waals surface area contributed by atoms with Crippen molar-refractivity contribution in [3.8, 4) is 0 Å². The summed E-state index contributed by atoms with van der Waals surface area (Å²) in [5, 5.41) is 0.681. The van der Waals surface area contributed by atoms with E-state index in [1.54, 1.807) is 6.92 Å². The highest BCUT2D eigenvalue weighted by Crippen LogP contribution is 2.24. The fourth-order valence-corrected chi connectivity index (χ4v) is 3.33. The Morgan fingerprint density at radius 1 is 1.28 bits per heavy atom. The quantitative estimate of drug-likeness (QED) is 0.814. The first-order chi connectivity index (χ1) is 8.74. The van der Waals surface area contributed by atoms with Crippen LogP contribution in [0.5, 0.6) is 0 Å². The highest BCUT2D eigenvalue weighted by atomic mass is 32.2. The Kier molecular flexibility index (Phi) is 5.26. The van der Waals surface area contributed by atoms with Gasteiger partial charge in [-0.3, -0.25) is 9.69 Å². The van der Waals surface area contributed by atoms with Crippen LogP contribution in [0.2, 0.25) is 0 Å². The Bertz CT molecular complexity index is 371. The van der Waals surface area contributed by atoms with Gasteiger partial charge in [-0.15, -0.1) is 0 Å². The van der Waals surface area contributed by atoms with E-state index in [2.05, 4.69) is 35.2 Å². The van der Waals surface area contributed by atoms with Gasteiger partial charge in [-0.25, -0.2) is 0 Å². The zero-order chi connectivity index (χ0) is 12.8. The Morgan fingerprint density at radius 2 is 1.94 bits per heavy atom. The molecule has 1 aromatic rings. The van der Waals surface area contributed by atoms with Crippen molar-refractivity contribution in [3.63, 3.8) is 0 Å². The Morgan fingerprint density at radius 3 is 2.56 bits per heavy atom. The van der Waals surface area contributed by atoms with Gasteiger partial charge < -0.3 is 0 Å². The van der Waals surface area contributed by atoms with Crippen LogP contribution in [-0.2, 0) is 11.3 Å². The number of piperidine rings is 1. The first kappa shape index (κ1) is 13.6. The summed E-state index contributed by atoms with van der Waals surface area (Å²) in [6.45, 7) is 5.05. The third kappa shape index (κ3) is 4.46. The van der Waals surface area contributed by atoms with E-state index in [0.29, 0.717) is 16.8 Å². The molecule has 0 N–H and O–H groups in total. The second-order valence-corrected chi connectivity index (χ2v) is 6.26. The standard InChI is InChI=1S/C15H21NOS/c1-13(17)12-18-15-7-9-16(10-8-15)11-14-5-3-2-4-6-14/h2-6,15H,7-12H2,1H3. The topological polar surface area (TPSA) is 20.3 Å². The van der Waals surface area contributed by atoms with Gasteiger partial charge in [0.1, 0.15) is 5.78 Å². The zero-order valence-corrected chi connectivity index (χ0v) is 11.8. The second kappa shape index (κ2) is 6.95. The summed E-state index contributed by atoms with van der Waals surface area (Å²) in [4.78, 5) is 13.5. The third-order valence-electron chi connectivity index (χ3n) is 3.31. The summed E-state index contributed by atoms with van der Waals surface area (Å²) < 4.78 is 0. The van der Waals surface area contributed by atoms with E-state index in [1.807, 2.05) is 11.8 Å².